The molecule has 0 spiro atoms. The van der Waals surface area contributed by atoms with E-state index in [1.54, 1.807) is 0 Å². The van der Waals surface area contributed by atoms with Crippen molar-refractivity contribution in [2.45, 2.75) is 13.0 Å². The molecule has 1 aromatic heterocycles. The molecule has 0 aromatic carbocycles. The lowest BCUT2D eigenvalue weighted by Crippen LogP contribution is -2.04. The first-order valence-electron chi connectivity index (χ1n) is 3.82. The fourth-order valence-corrected chi connectivity index (χ4v) is 1.04. The third-order valence-corrected chi connectivity index (χ3v) is 1.72. The summed E-state index contributed by atoms with van der Waals surface area (Å²) >= 11 is 0. The fourth-order valence-electron chi connectivity index (χ4n) is 1.04. The molecule has 1 heterocycles. The van der Waals surface area contributed by atoms with Crippen LogP contribution in [-0.4, -0.2) is 17.2 Å². The largest absolute Gasteiger partial charge is 0.493 e. The Kier molecular flexibility index (Phi) is 3.19. The molecule has 0 bridgehead atoms. The second-order valence-electron chi connectivity index (χ2n) is 2.58. The minimum Gasteiger partial charge on any atom is -0.493 e. The predicted octanol–water partition coefficient (Wildman–Crippen LogP) is 1.10. The van der Waals surface area contributed by atoms with Gasteiger partial charge in [-0.25, -0.2) is 13.8 Å². The highest BCUT2D eigenvalue weighted by Gasteiger charge is 2.17. The second-order valence-corrected chi connectivity index (χ2v) is 2.58. The van der Waals surface area contributed by atoms with E-state index in [1.165, 1.54) is 13.2 Å². The van der Waals surface area contributed by atoms with Gasteiger partial charge >= 0.3 is 0 Å². The third kappa shape index (κ3) is 1.90. The summed E-state index contributed by atoms with van der Waals surface area (Å²) in [5.74, 6) is 0.0680. The normalized spacial score (nSPS) is 10.6. The number of nitrogen functional groups attached to an aromatic ring is 1. The van der Waals surface area contributed by atoms with Crippen LogP contribution in [0, 0.1) is 0 Å². The number of aliphatic hydroxyl groups excluding tert-OH is 1. The van der Waals surface area contributed by atoms with Crippen LogP contribution in [0.25, 0.3) is 0 Å². The molecule has 0 aliphatic rings. The molecule has 0 saturated carbocycles. The Labute approximate surface area is 79.3 Å². The molecular weight excluding hydrogens is 194 g/mol. The summed E-state index contributed by atoms with van der Waals surface area (Å²) in [5, 5.41) is 8.81. The highest BCUT2D eigenvalue weighted by atomic mass is 19.3. The predicted molar refractivity (Wildman–Crippen MR) is 46.1 cm³/mol. The van der Waals surface area contributed by atoms with Gasteiger partial charge in [0, 0.05) is 5.56 Å². The molecule has 0 radical (unpaired) electrons. The van der Waals surface area contributed by atoms with E-state index in [1.807, 2.05) is 0 Å². The molecule has 1 rings (SSSR count). The minimum atomic E-state index is -2.76. The van der Waals surface area contributed by atoms with Crippen LogP contribution < -0.4 is 10.5 Å². The number of alkyl halides is 2. The van der Waals surface area contributed by atoms with Crippen LogP contribution in [0.2, 0.25) is 0 Å². The summed E-state index contributed by atoms with van der Waals surface area (Å²) in [4.78, 5) is 3.46. The third-order valence-electron chi connectivity index (χ3n) is 1.72. The van der Waals surface area contributed by atoms with Crippen molar-refractivity contribution in [3.8, 4) is 5.75 Å². The average Bonchev–Trinajstić information content (AvgIpc) is 2.17. The van der Waals surface area contributed by atoms with E-state index in [2.05, 4.69) is 4.98 Å². The highest BCUT2D eigenvalue weighted by molar-refractivity contribution is 5.49. The first-order chi connectivity index (χ1) is 6.60. The van der Waals surface area contributed by atoms with Crippen LogP contribution in [0.3, 0.4) is 0 Å². The van der Waals surface area contributed by atoms with Crippen molar-refractivity contribution in [3.63, 3.8) is 0 Å². The summed E-state index contributed by atoms with van der Waals surface area (Å²) < 4.78 is 29.5. The molecule has 3 N–H and O–H groups in total. The smallest absolute Gasteiger partial charge is 0.280 e. The second kappa shape index (κ2) is 4.19. The number of nitrogens with zero attached hydrogens (tertiary/aromatic N) is 1. The summed E-state index contributed by atoms with van der Waals surface area (Å²) in [6.07, 6.45) is -2.76. The molecule has 0 fully saturated rings. The maximum atomic E-state index is 12.4. The first kappa shape index (κ1) is 10.6. The number of hydrogen-bond donors (Lipinski definition) is 2. The fraction of sp³-hybridized carbons (Fsp3) is 0.375. The first-order valence-corrected chi connectivity index (χ1v) is 3.82. The minimum absolute atomic E-state index is 0.0195. The summed E-state index contributed by atoms with van der Waals surface area (Å²) in [6, 6.07) is 1.25. The van der Waals surface area contributed by atoms with Crippen LogP contribution >= 0.6 is 0 Å². The van der Waals surface area contributed by atoms with E-state index < -0.39 is 18.7 Å². The van der Waals surface area contributed by atoms with E-state index in [0.29, 0.717) is 0 Å². The molecule has 4 nitrogen and oxygen atoms in total. The topological polar surface area (TPSA) is 68.4 Å². The van der Waals surface area contributed by atoms with Gasteiger partial charge in [-0.2, -0.15) is 0 Å². The van der Waals surface area contributed by atoms with E-state index in [0.717, 1.165) is 0 Å². The molecule has 14 heavy (non-hydrogen) atoms. The molecule has 0 saturated heterocycles. The molecular formula is C8H10F2N2O2. The zero-order valence-electron chi connectivity index (χ0n) is 7.50. The van der Waals surface area contributed by atoms with Crippen molar-refractivity contribution in [1.82, 2.24) is 4.98 Å². The molecule has 0 unspecified atom stereocenters. The Balaban J connectivity index is 3.24. The van der Waals surface area contributed by atoms with Crippen LogP contribution in [0.5, 0.6) is 5.75 Å². The Hall–Kier alpha value is -1.43. The van der Waals surface area contributed by atoms with Crippen molar-refractivity contribution < 1.29 is 18.6 Å². The Morgan fingerprint density at radius 2 is 2.29 bits per heavy atom. The monoisotopic (exact) mass is 204 g/mol. The van der Waals surface area contributed by atoms with Crippen LogP contribution in [0.15, 0.2) is 6.07 Å². The molecule has 6 heteroatoms. The number of hydrogen-bond acceptors (Lipinski definition) is 4. The standard InChI is InChI=1S/C8H10F2N2O2/c1-14-5-2-4(3-13)6(7(9)10)12-8(5)11/h2,7,13H,3H2,1H3,(H2,11,12). The van der Waals surface area contributed by atoms with E-state index in [4.69, 9.17) is 15.6 Å². The summed E-state index contributed by atoms with van der Waals surface area (Å²) in [6.45, 7) is -0.524. The van der Waals surface area contributed by atoms with Gasteiger partial charge in [-0.05, 0) is 6.07 Å². The molecule has 0 aliphatic heterocycles. The number of methoxy groups -OCH3 is 1. The van der Waals surface area contributed by atoms with Crippen molar-refractivity contribution >= 4 is 5.82 Å². The van der Waals surface area contributed by atoms with Gasteiger partial charge in [-0.1, -0.05) is 0 Å². The zero-order chi connectivity index (χ0) is 10.7. The SMILES string of the molecule is COc1cc(CO)c(C(F)F)nc1N. The number of halogens is 2. The summed E-state index contributed by atoms with van der Waals surface area (Å²) in [5.41, 5.74) is 4.85. The number of aliphatic hydroxyl groups is 1. The van der Waals surface area contributed by atoms with Gasteiger partial charge in [0.1, 0.15) is 5.69 Å². The summed E-state index contributed by atoms with van der Waals surface area (Å²) in [7, 11) is 1.34. The lowest BCUT2D eigenvalue weighted by molar-refractivity contribution is 0.141. The number of aromatic nitrogens is 1. The highest BCUT2D eigenvalue weighted by Crippen LogP contribution is 2.28. The molecule has 0 aliphatic carbocycles. The van der Waals surface area contributed by atoms with Gasteiger partial charge in [0.15, 0.2) is 11.6 Å². The van der Waals surface area contributed by atoms with Crippen molar-refractivity contribution in [1.29, 1.82) is 0 Å². The molecule has 0 amide bonds. The van der Waals surface area contributed by atoms with Crippen molar-refractivity contribution in [2.24, 2.45) is 0 Å². The average molecular weight is 204 g/mol. The van der Waals surface area contributed by atoms with Gasteiger partial charge in [0.2, 0.25) is 0 Å². The van der Waals surface area contributed by atoms with Crippen LogP contribution in [-0.2, 0) is 6.61 Å². The van der Waals surface area contributed by atoms with E-state index >= 15 is 0 Å². The van der Waals surface area contributed by atoms with Gasteiger partial charge in [-0.15, -0.1) is 0 Å². The lowest BCUT2D eigenvalue weighted by Gasteiger charge is -2.10. The van der Waals surface area contributed by atoms with Crippen molar-refractivity contribution in [3.05, 3.63) is 17.3 Å². The Morgan fingerprint density at radius 3 is 2.71 bits per heavy atom. The number of ether oxygens (including phenoxy) is 1. The zero-order valence-corrected chi connectivity index (χ0v) is 7.50. The number of rotatable bonds is 3. The van der Waals surface area contributed by atoms with Gasteiger partial charge in [0.05, 0.1) is 13.7 Å². The van der Waals surface area contributed by atoms with Crippen molar-refractivity contribution in [2.75, 3.05) is 12.8 Å². The quantitative estimate of drug-likeness (QED) is 0.773. The van der Waals surface area contributed by atoms with E-state index in [9.17, 15) is 8.78 Å². The van der Waals surface area contributed by atoms with E-state index in [-0.39, 0.29) is 17.1 Å². The lowest BCUT2D eigenvalue weighted by atomic mass is 10.2. The number of nitrogens with two attached hydrogens (primary N) is 1. The van der Waals surface area contributed by atoms with Crippen LogP contribution in [0.1, 0.15) is 17.7 Å². The van der Waals surface area contributed by atoms with Crippen LogP contribution in [0.4, 0.5) is 14.6 Å². The molecule has 78 valence electrons. The Bertz CT molecular complexity index is 331. The van der Waals surface area contributed by atoms with Gasteiger partial charge in [0.25, 0.3) is 6.43 Å². The van der Waals surface area contributed by atoms with Gasteiger partial charge < -0.3 is 15.6 Å². The molecule has 0 atom stereocenters. The maximum absolute atomic E-state index is 12.4. The number of anilines is 1. The maximum Gasteiger partial charge on any atom is 0.280 e. The Morgan fingerprint density at radius 1 is 1.64 bits per heavy atom. The molecule has 1 aromatic rings. The number of pyridine rings is 1. The van der Waals surface area contributed by atoms with Gasteiger partial charge in [-0.3, -0.25) is 0 Å².